The van der Waals surface area contributed by atoms with Crippen molar-refractivity contribution in [3.8, 4) is 0 Å². The minimum absolute atomic E-state index is 0.0563. The molecule has 5 heteroatoms. The minimum atomic E-state index is -0.889. The van der Waals surface area contributed by atoms with Crippen molar-refractivity contribution in [2.24, 2.45) is 5.92 Å². The lowest BCUT2D eigenvalue weighted by molar-refractivity contribution is -0.135. The van der Waals surface area contributed by atoms with Crippen molar-refractivity contribution in [3.63, 3.8) is 0 Å². The summed E-state index contributed by atoms with van der Waals surface area (Å²) in [7, 11) is 0. The van der Waals surface area contributed by atoms with Gasteiger partial charge in [-0.1, -0.05) is 30.3 Å². The van der Waals surface area contributed by atoms with E-state index in [0.29, 0.717) is 0 Å². The van der Waals surface area contributed by atoms with Crippen molar-refractivity contribution in [1.82, 2.24) is 4.90 Å². The first kappa shape index (κ1) is 17.4. The van der Waals surface area contributed by atoms with Crippen LogP contribution in [-0.4, -0.2) is 29.3 Å². The van der Waals surface area contributed by atoms with Crippen LogP contribution in [0.3, 0.4) is 0 Å². The number of rotatable bonds is 2. The zero-order chi connectivity index (χ0) is 19.5. The Morgan fingerprint density at radius 2 is 2.00 bits per heavy atom. The molecule has 3 heterocycles. The fraction of sp³-hybridized carbons (Fsp3) is 0.391. The van der Waals surface area contributed by atoms with E-state index in [2.05, 4.69) is 15.5 Å². The van der Waals surface area contributed by atoms with Gasteiger partial charge < -0.3 is 10.6 Å². The van der Waals surface area contributed by atoms with Gasteiger partial charge in [0.15, 0.2) is 0 Å². The zero-order valence-electron chi connectivity index (χ0n) is 16.3. The third kappa shape index (κ3) is 2.23. The number of benzene rings is 2. The molecule has 28 heavy (non-hydrogen) atoms. The fourth-order valence-corrected chi connectivity index (χ4v) is 5.49. The Bertz CT molecular complexity index is 986. The first-order valence-electron chi connectivity index (χ1n) is 10.1. The van der Waals surface area contributed by atoms with Gasteiger partial charge in [-0.05, 0) is 62.9 Å². The van der Waals surface area contributed by atoms with Crippen LogP contribution in [-0.2, 0) is 15.1 Å². The highest BCUT2D eigenvalue weighted by Crippen LogP contribution is 2.55. The van der Waals surface area contributed by atoms with Crippen molar-refractivity contribution in [2.45, 2.75) is 44.7 Å². The van der Waals surface area contributed by atoms with Gasteiger partial charge in [0.2, 0.25) is 11.8 Å². The SMILES string of the molecule is Cc1cccc(NC(=O)C2CC3CCCN3C23C(=O)Nc2ccccc23)c1C. The van der Waals surface area contributed by atoms with Gasteiger partial charge in [0, 0.05) is 23.0 Å². The predicted molar refractivity (Wildman–Crippen MR) is 109 cm³/mol. The molecule has 0 saturated carbocycles. The topological polar surface area (TPSA) is 61.4 Å². The van der Waals surface area contributed by atoms with Gasteiger partial charge in [-0.15, -0.1) is 0 Å². The first-order chi connectivity index (χ1) is 13.5. The summed E-state index contributed by atoms with van der Waals surface area (Å²) < 4.78 is 0. The maximum Gasteiger partial charge on any atom is 0.250 e. The number of nitrogens with zero attached hydrogens (tertiary/aromatic N) is 1. The Hall–Kier alpha value is -2.66. The quantitative estimate of drug-likeness (QED) is 0.844. The standard InChI is InChI=1S/C23H25N3O2/c1-14-7-5-11-19(15(14)2)24-21(27)18-13-16-8-6-12-26(16)23(18)17-9-3-4-10-20(17)25-22(23)28/h3-5,7,9-11,16,18H,6,8,12-13H2,1-2H3,(H,24,27)(H,25,28). The minimum Gasteiger partial charge on any atom is -0.326 e. The van der Waals surface area contributed by atoms with E-state index in [1.165, 1.54) is 0 Å². The molecule has 0 aliphatic carbocycles. The van der Waals surface area contributed by atoms with E-state index in [1.807, 2.05) is 56.3 Å². The Balaban J connectivity index is 1.58. The van der Waals surface area contributed by atoms with E-state index in [-0.39, 0.29) is 17.9 Å². The zero-order valence-corrected chi connectivity index (χ0v) is 16.3. The third-order valence-corrected chi connectivity index (χ3v) is 6.95. The monoisotopic (exact) mass is 375 g/mol. The Kier molecular flexibility index (Phi) is 3.85. The number of carbonyl (C=O) groups is 2. The molecular formula is C23H25N3O2. The summed E-state index contributed by atoms with van der Waals surface area (Å²) in [4.78, 5) is 29.2. The summed E-state index contributed by atoms with van der Waals surface area (Å²) in [6, 6.07) is 14.1. The van der Waals surface area contributed by atoms with Crippen LogP contribution in [0.2, 0.25) is 0 Å². The summed E-state index contributed by atoms with van der Waals surface area (Å²) in [5.41, 5.74) is 3.94. The highest BCUT2D eigenvalue weighted by Gasteiger charge is 2.65. The molecule has 5 nitrogen and oxygen atoms in total. The van der Waals surface area contributed by atoms with Crippen LogP contribution >= 0.6 is 0 Å². The molecule has 3 atom stereocenters. The predicted octanol–water partition coefficient (Wildman–Crippen LogP) is 3.57. The second-order valence-electron chi connectivity index (χ2n) is 8.28. The van der Waals surface area contributed by atoms with Gasteiger partial charge in [0.05, 0.1) is 5.92 Å². The number of para-hydroxylation sites is 1. The highest BCUT2D eigenvalue weighted by molar-refractivity contribution is 6.10. The Morgan fingerprint density at radius 3 is 2.86 bits per heavy atom. The molecule has 2 amide bonds. The first-order valence-corrected chi connectivity index (χ1v) is 10.1. The fourth-order valence-electron chi connectivity index (χ4n) is 5.49. The van der Waals surface area contributed by atoms with E-state index >= 15 is 0 Å². The molecule has 0 radical (unpaired) electrons. The van der Waals surface area contributed by atoms with Gasteiger partial charge >= 0.3 is 0 Å². The molecule has 2 fully saturated rings. The number of fused-ring (bicyclic) bond motifs is 4. The molecule has 2 aromatic carbocycles. The van der Waals surface area contributed by atoms with Crippen molar-refractivity contribution in [1.29, 1.82) is 0 Å². The molecule has 3 aliphatic heterocycles. The lowest BCUT2D eigenvalue weighted by Crippen LogP contribution is -2.53. The molecule has 3 unspecified atom stereocenters. The van der Waals surface area contributed by atoms with E-state index in [4.69, 9.17) is 0 Å². The summed E-state index contributed by atoms with van der Waals surface area (Å²) in [5.74, 6) is -0.518. The van der Waals surface area contributed by atoms with Crippen LogP contribution in [0.5, 0.6) is 0 Å². The van der Waals surface area contributed by atoms with Crippen LogP contribution < -0.4 is 10.6 Å². The van der Waals surface area contributed by atoms with Gasteiger partial charge in [0.1, 0.15) is 5.54 Å². The summed E-state index contributed by atoms with van der Waals surface area (Å²) in [5, 5.41) is 6.19. The molecule has 5 rings (SSSR count). The molecule has 3 aliphatic rings. The van der Waals surface area contributed by atoms with Crippen molar-refractivity contribution >= 4 is 23.2 Å². The molecule has 2 aromatic rings. The lowest BCUT2D eigenvalue weighted by atomic mass is 9.78. The second-order valence-corrected chi connectivity index (χ2v) is 8.28. The normalized spacial score (nSPS) is 28.3. The number of hydrogen-bond acceptors (Lipinski definition) is 3. The average molecular weight is 375 g/mol. The van der Waals surface area contributed by atoms with E-state index in [0.717, 1.165) is 53.9 Å². The van der Waals surface area contributed by atoms with Crippen molar-refractivity contribution in [3.05, 3.63) is 59.2 Å². The molecule has 2 N–H and O–H groups in total. The number of amides is 2. The number of aryl methyl sites for hydroxylation is 1. The van der Waals surface area contributed by atoms with Gasteiger partial charge in [-0.25, -0.2) is 0 Å². The number of carbonyl (C=O) groups excluding carboxylic acids is 2. The van der Waals surface area contributed by atoms with Gasteiger partial charge in [0.25, 0.3) is 0 Å². The summed E-state index contributed by atoms with van der Waals surface area (Å²) in [6.45, 7) is 4.92. The van der Waals surface area contributed by atoms with Crippen molar-refractivity contribution in [2.75, 3.05) is 17.2 Å². The van der Waals surface area contributed by atoms with Crippen LogP contribution in [0.25, 0.3) is 0 Å². The van der Waals surface area contributed by atoms with Crippen LogP contribution in [0, 0.1) is 19.8 Å². The molecule has 0 aromatic heterocycles. The van der Waals surface area contributed by atoms with Gasteiger partial charge in [-0.3, -0.25) is 14.5 Å². The Morgan fingerprint density at radius 1 is 1.18 bits per heavy atom. The van der Waals surface area contributed by atoms with E-state index in [9.17, 15) is 9.59 Å². The molecule has 1 spiro atoms. The van der Waals surface area contributed by atoms with Gasteiger partial charge in [-0.2, -0.15) is 0 Å². The number of anilines is 2. The maximum atomic E-state index is 13.5. The molecule has 144 valence electrons. The number of hydrogen-bond donors (Lipinski definition) is 2. The second kappa shape index (κ2) is 6.17. The smallest absolute Gasteiger partial charge is 0.250 e. The van der Waals surface area contributed by atoms with Crippen LogP contribution in [0.4, 0.5) is 11.4 Å². The molecular weight excluding hydrogens is 350 g/mol. The largest absolute Gasteiger partial charge is 0.326 e. The summed E-state index contributed by atoms with van der Waals surface area (Å²) in [6.07, 6.45) is 2.84. The lowest BCUT2D eigenvalue weighted by Gasteiger charge is -2.36. The molecule has 0 bridgehead atoms. The highest BCUT2D eigenvalue weighted by atomic mass is 16.2. The van der Waals surface area contributed by atoms with Crippen LogP contribution in [0.15, 0.2) is 42.5 Å². The average Bonchev–Trinajstić information content (AvgIpc) is 3.34. The van der Waals surface area contributed by atoms with Crippen molar-refractivity contribution < 1.29 is 9.59 Å². The van der Waals surface area contributed by atoms with Crippen LogP contribution in [0.1, 0.15) is 36.0 Å². The number of nitrogens with one attached hydrogen (secondary N) is 2. The third-order valence-electron chi connectivity index (χ3n) is 6.95. The van der Waals surface area contributed by atoms with E-state index in [1.54, 1.807) is 0 Å². The maximum absolute atomic E-state index is 13.5. The Labute approximate surface area is 165 Å². The molecule has 2 saturated heterocycles. The van der Waals surface area contributed by atoms with E-state index < -0.39 is 11.5 Å². The summed E-state index contributed by atoms with van der Waals surface area (Å²) >= 11 is 0.